The lowest BCUT2D eigenvalue weighted by atomic mass is 9.97. The van der Waals surface area contributed by atoms with Crippen LogP contribution in [0.25, 0.3) is 87.8 Å². The molecular weight excluding hydrogens is 691 g/mol. The highest BCUT2D eigenvalue weighted by Crippen LogP contribution is 2.48. The molecular formula is C54H35N3. The second kappa shape index (κ2) is 12.5. The molecule has 57 heavy (non-hydrogen) atoms. The van der Waals surface area contributed by atoms with Crippen molar-refractivity contribution in [3.05, 3.63) is 212 Å². The number of nitrogens with zero attached hydrogens (tertiary/aromatic N) is 3. The standard InChI is InChI=1S/C54H35N3/c1-4-14-36(15-5-1)37-24-26-40(27-25-37)55(39-18-8-3-9-19-39)41-28-30-42(31-29-41)56-50-35-34-47-45-21-11-13-23-49(45)57-48-22-12-10-20-44(48)46-33-32-43(38-16-6-2-7-17-38)53(56)51(46)52(50)54(47)57/h1-35H. The number of hydrogen-bond acceptors (Lipinski definition) is 1. The van der Waals surface area contributed by atoms with E-state index in [1.54, 1.807) is 0 Å². The first-order valence-electron chi connectivity index (χ1n) is 19.6. The molecule has 0 fully saturated rings. The third-order valence-corrected chi connectivity index (χ3v) is 11.8. The zero-order valence-corrected chi connectivity index (χ0v) is 31.0. The number of fused-ring (bicyclic) bond motifs is 6. The largest absolute Gasteiger partial charge is 0.311 e. The predicted molar refractivity (Wildman–Crippen MR) is 241 cm³/mol. The summed E-state index contributed by atoms with van der Waals surface area (Å²) in [6, 6.07) is 77.3. The van der Waals surface area contributed by atoms with Crippen LogP contribution in [0.1, 0.15) is 0 Å². The second-order valence-corrected chi connectivity index (χ2v) is 14.9. The van der Waals surface area contributed by atoms with Gasteiger partial charge in [-0.3, -0.25) is 0 Å². The summed E-state index contributed by atoms with van der Waals surface area (Å²) in [5.41, 5.74) is 15.4. The van der Waals surface area contributed by atoms with Gasteiger partial charge in [0.2, 0.25) is 0 Å². The SMILES string of the molecule is c1ccc(-c2ccc(N(c3ccccc3)c3ccc(-n4c5ccc6c7ccccc7n7c8ccccc8c8ccc(-c9ccccc9)c4c8c5c67)cc3)cc2)cc1. The third-order valence-electron chi connectivity index (χ3n) is 11.8. The molecule has 0 atom stereocenters. The normalized spacial score (nSPS) is 11.9. The Labute approximate surface area is 329 Å². The molecule has 0 unspecified atom stereocenters. The molecule has 0 aliphatic heterocycles. The summed E-state index contributed by atoms with van der Waals surface area (Å²) in [7, 11) is 0. The van der Waals surface area contributed by atoms with E-state index in [9.17, 15) is 0 Å². The van der Waals surface area contributed by atoms with Gasteiger partial charge in [0, 0.05) is 55.2 Å². The predicted octanol–water partition coefficient (Wildman–Crippen LogP) is 14.7. The van der Waals surface area contributed by atoms with Gasteiger partial charge in [-0.1, -0.05) is 146 Å². The molecule has 3 heterocycles. The van der Waals surface area contributed by atoms with Crippen molar-refractivity contribution in [3.8, 4) is 27.9 Å². The molecule has 266 valence electrons. The van der Waals surface area contributed by atoms with Crippen molar-refractivity contribution in [3.63, 3.8) is 0 Å². The smallest absolute Gasteiger partial charge is 0.0641 e. The molecule has 0 aliphatic carbocycles. The summed E-state index contributed by atoms with van der Waals surface area (Å²) >= 11 is 0. The monoisotopic (exact) mass is 725 g/mol. The Morgan fingerprint density at radius 3 is 1.47 bits per heavy atom. The molecule has 0 saturated carbocycles. The van der Waals surface area contributed by atoms with Crippen LogP contribution in [0.5, 0.6) is 0 Å². The van der Waals surface area contributed by atoms with E-state index in [4.69, 9.17) is 0 Å². The van der Waals surface area contributed by atoms with Gasteiger partial charge in [0.05, 0.1) is 27.6 Å². The van der Waals surface area contributed by atoms with E-state index >= 15 is 0 Å². The van der Waals surface area contributed by atoms with Crippen molar-refractivity contribution in [1.82, 2.24) is 8.97 Å². The number of anilines is 3. The van der Waals surface area contributed by atoms with Crippen molar-refractivity contribution in [2.75, 3.05) is 4.90 Å². The number of aromatic nitrogens is 2. The van der Waals surface area contributed by atoms with Gasteiger partial charge in [-0.2, -0.15) is 0 Å². The van der Waals surface area contributed by atoms with E-state index in [-0.39, 0.29) is 0 Å². The molecule has 0 N–H and O–H groups in total. The molecule has 0 radical (unpaired) electrons. The molecule has 12 rings (SSSR count). The zero-order valence-electron chi connectivity index (χ0n) is 31.0. The van der Waals surface area contributed by atoms with Crippen LogP contribution >= 0.6 is 0 Å². The highest BCUT2D eigenvalue weighted by atomic mass is 15.1. The maximum atomic E-state index is 2.51. The van der Waals surface area contributed by atoms with Gasteiger partial charge >= 0.3 is 0 Å². The lowest BCUT2D eigenvalue weighted by molar-refractivity contribution is 1.17. The van der Waals surface area contributed by atoms with Gasteiger partial charge in [-0.25, -0.2) is 0 Å². The first kappa shape index (κ1) is 31.7. The molecule has 9 aromatic carbocycles. The molecule has 0 bridgehead atoms. The van der Waals surface area contributed by atoms with Gasteiger partial charge in [0.1, 0.15) is 0 Å². The minimum atomic E-state index is 1.10. The Bertz CT molecular complexity index is 3420. The molecule has 0 spiro atoms. The van der Waals surface area contributed by atoms with Crippen LogP contribution in [0.3, 0.4) is 0 Å². The van der Waals surface area contributed by atoms with Crippen molar-refractivity contribution in [2.45, 2.75) is 0 Å². The van der Waals surface area contributed by atoms with Crippen molar-refractivity contribution in [1.29, 1.82) is 0 Å². The van der Waals surface area contributed by atoms with E-state index < -0.39 is 0 Å². The van der Waals surface area contributed by atoms with E-state index in [1.165, 1.54) is 82.2 Å². The molecule has 0 aliphatic rings. The lowest BCUT2D eigenvalue weighted by Gasteiger charge is -2.26. The number of benzene rings is 9. The molecule has 3 nitrogen and oxygen atoms in total. The molecule has 3 heteroatoms. The van der Waals surface area contributed by atoms with Crippen LogP contribution in [0.15, 0.2) is 212 Å². The van der Waals surface area contributed by atoms with E-state index in [0.29, 0.717) is 0 Å². The number of hydrogen-bond donors (Lipinski definition) is 0. The highest BCUT2D eigenvalue weighted by Gasteiger charge is 2.25. The highest BCUT2D eigenvalue weighted by molar-refractivity contribution is 6.34. The minimum Gasteiger partial charge on any atom is -0.311 e. The Hall–Kier alpha value is -7.62. The fraction of sp³-hybridized carbons (Fsp3) is 0. The van der Waals surface area contributed by atoms with Gasteiger partial charge < -0.3 is 13.9 Å². The van der Waals surface area contributed by atoms with Crippen molar-refractivity contribution in [2.24, 2.45) is 0 Å². The maximum absolute atomic E-state index is 2.51. The average molecular weight is 726 g/mol. The minimum absolute atomic E-state index is 1.10. The average Bonchev–Trinajstić information content (AvgIpc) is 3.77. The summed E-state index contributed by atoms with van der Waals surface area (Å²) < 4.78 is 5.02. The summed E-state index contributed by atoms with van der Waals surface area (Å²) in [4.78, 5) is 2.34. The molecule has 0 amide bonds. The Morgan fingerprint density at radius 2 is 0.807 bits per heavy atom. The lowest BCUT2D eigenvalue weighted by Crippen LogP contribution is -2.10. The van der Waals surface area contributed by atoms with Crippen LogP contribution in [-0.2, 0) is 0 Å². The van der Waals surface area contributed by atoms with Gasteiger partial charge in [0.15, 0.2) is 0 Å². The first-order valence-corrected chi connectivity index (χ1v) is 19.6. The van der Waals surface area contributed by atoms with Crippen LogP contribution < -0.4 is 4.90 Å². The van der Waals surface area contributed by atoms with Crippen LogP contribution in [0.4, 0.5) is 17.1 Å². The van der Waals surface area contributed by atoms with Crippen molar-refractivity contribution < 1.29 is 0 Å². The number of rotatable bonds is 6. The quantitative estimate of drug-likeness (QED) is 0.166. The Morgan fingerprint density at radius 1 is 0.298 bits per heavy atom. The summed E-state index contributed by atoms with van der Waals surface area (Å²) in [6.07, 6.45) is 0. The molecule has 12 aromatic rings. The summed E-state index contributed by atoms with van der Waals surface area (Å²) in [5.74, 6) is 0. The van der Waals surface area contributed by atoms with E-state index in [1.807, 2.05) is 0 Å². The number of para-hydroxylation sites is 3. The fourth-order valence-electron chi connectivity index (χ4n) is 9.38. The first-order chi connectivity index (χ1) is 28.3. The van der Waals surface area contributed by atoms with E-state index in [2.05, 4.69) is 226 Å². The van der Waals surface area contributed by atoms with Gasteiger partial charge in [0.25, 0.3) is 0 Å². The van der Waals surface area contributed by atoms with Crippen LogP contribution in [0, 0.1) is 0 Å². The zero-order chi connectivity index (χ0) is 37.5. The van der Waals surface area contributed by atoms with Crippen LogP contribution in [-0.4, -0.2) is 8.97 Å². The Kier molecular flexibility index (Phi) is 6.93. The summed E-state index contributed by atoms with van der Waals surface area (Å²) in [5, 5.41) is 7.63. The Balaban J connectivity index is 1.13. The second-order valence-electron chi connectivity index (χ2n) is 14.9. The molecule has 0 saturated heterocycles. The van der Waals surface area contributed by atoms with Gasteiger partial charge in [-0.05, 0) is 88.8 Å². The molecule has 3 aromatic heterocycles. The summed E-state index contributed by atoms with van der Waals surface area (Å²) in [6.45, 7) is 0. The van der Waals surface area contributed by atoms with Crippen molar-refractivity contribution >= 4 is 77.0 Å². The van der Waals surface area contributed by atoms with Crippen LogP contribution in [0.2, 0.25) is 0 Å². The maximum Gasteiger partial charge on any atom is 0.0641 e. The van der Waals surface area contributed by atoms with Gasteiger partial charge in [-0.15, -0.1) is 0 Å². The fourth-order valence-corrected chi connectivity index (χ4v) is 9.38. The van der Waals surface area contributed by atoms with E-state index in [0.717, 1.165) is 22.7 Å². The topological polar surface area (TPSA) is 12.6 Å². The third kappa shape index (κ3) is 4.73.